The number of benzene rings is 1. The van der Waals surface area contributed by atoms with Gasteiger partial charge in [0.05, 0.1) is 6.10 Å². The van der Waals surface area contributed by atoms with Crippen LogP contribution in [0, 0.1) is 0 Å². The molecule has 1 atom stereocenters. The van der Waals surface area contributed by atoms with Crippen molar-refractivity contribution in [1.82, 2.24) is 15.5 Å². The molecule has 0 saturated heterocycles. The Bertz CT molecular complexity index is 772. The van der Waals surface area contributed by atoms with Crippen LogP contribution in [0.4, 0.5) is 0 Å². The highest BCUT2D eigenvalue weighted by atomic mass is 16.5. The summed E-state index contributed by atoms with van der Waals surface area (Å²) >= 11 is 0. The number of aromatic nitrogens is 2. The first-order valence-corrected chi connectivity index (χ1v) is 7.12. The molecule has 0 bridgehead atoms. The Labute approximate surface area is 132 Å². The Balaban J connectivity index is 1.62. The summed E-state index contributed by atoms with van der Waals surface area (Å²) in [6, 6.07) is 14.4. The van der Waals surface area contributed by atoms with E-state index in [-0.39, 0.29) is 12.2 Å². The van der Waals surface area contributed by atoms with Gasteiger partial charge in [-0.15, -0.1) is 0 Å². The van der Waals surface area contributed by atoms with E-state index < -0.39 is 12.0 Å². The van der Waals surface area contributed by atoms with Gasteiger partial charge in [0.15, 0.2) is 11.5 Å². The first kappa shape index (κ1) is 14.9. The average Bonchev–Trinajstić information content (AvgIpc) is 3.11. The van der Waals surface area contributed by atoms with Crippen LogP contribution >= 0.6 is 0 Å². The van der Waals surface area contributed by atoms with Crippen molar-refractivity contribution in [3.05, 3.63) is 72.2 Å². The minimum absolute atomic E-state index is 0.0797. The standard InChI is InChI=1S/C17H15N3O3/c21-15(12-6-8-18-9-7-12)11-19-17(22)14-10-16(23-20-14)13-4-2-1-3-5-13/h1-10,15,21H,11H2,(H,19,22)/t15-/m1/s1. The van der Waals surface area contributed by atoms with Gasteiger partial charge in [0.1, 0.15) is 0 Å². The van der Waals surface area contributed by atoms with E-state index in [1.54, 1.807) is 30.6 Å². The molecular weight excluding hydrogens is 294 g/mol. The molecule has 0 aliphatic heterocycles. The topological polar surface area (TPSA) is 88.2 Å². The molecule has 23 heavy (non-hydrogen) atoms. The van der Waals surface area contributed by atoms with Gasteiger partial charge in [-0.05, 0) is 17.7 Å². The monoisotopic (exact) mass is 309 g/mol. The normalized spacial score (nSPS) is 11.9. The van der Waals surface area contributed by atoms with Crippen LogP contribution in [0.1, 0.15) is 22.2 Å². The van der Waals surface area contributed by atoms with E-state index in [4.69, 9.17) is 4.52 Å². The van der Waals surface area contributed by atoms with Crippen molar-refractivity contribution in [2.45, 2.75) is 6.10 Å². The molecule has 0 aliphatic carbocycles. The summed E-state index contributed by atoms with van der Waals surface area (Å²) in [5, 5.41) is 16.4. The molecular formula is C17H15N3O3. The Kier molecular flexibility index (Phi) is 4.44. The van der Waals surface area contributed by atoms with Crippen molar-refractivity contribution in [1.29, 1.82) is 0 Å². The maximum absolute atomic E-state index is 12.1. The smallest absolute Gasteiger partial charge is 0.273 e. The molecule has 0 unspecified atom stereocenters. The number of aliphatic hydroxyl groups is 1. The third kappa shape index (κ3) is 3.61. The zero-order valence-corrected chi connectivity index (χ0v) is 12.2. The maximum Gasteiger partial charge on any atom is 0.273 e. The molecule has 2 aromatic heterocycles. The second-order valence-electron chi connectivity index (χ2n) is 4.95. The van der Waals surface area contributed by atoms with Crippen molar-refractivity contribution < 1.29 is 14.4 Å². The molecule has 0 aliphatic rings. The zero-order chi connectivity index (χ0) is 16.1. The van der Waals surface area contributed by atoms with Gasteiger partial charge in [0.25, 0.3) is 5.91 Å². The summed E-state index contributed by atoms with van der Waals surface area (Å²) in [5.41, 5.74) is 1.70. The Morgan fingerprint density at radius 2 is 1.91 bits per heavy atom. The molecule has 0 radical (unpaired) electrons. The fourth-order valence-electron chi connectivity index (χ4n) is 2.10. The molecule has 3 rings (SSSR count). The number of pyridine rings is 1. The van der Waals surface area contributed by atoms with Crippen molar-refractivity contribution in [2.24, 2.45) is 0 Å². The van der Waals surface area contributed by atoms with Crippen LogP contribution in [0.2, 0.25) is 0 Å². The zero-order valence-electron chi connectivity index (χ0n) is 12.2. The number of carbonyl (C=O) groups excluding carboxylic acids is 1. The van der Waals surface area contributed by atoms with Gasteiger partial charge in [0.2, 0.25) is 0 Å². The minimum atomic E-state index is -0.803. The number of hydrogen-bond donors (Lipinski definition) is 2. The summed E-state index contributed by atoms with van der Waals surface area (Å²) < 4.78 is 5.18. The predicted molar refractivity (Wildman–Crippen MR) is 83.5 cm³/mol. The van der Waals surface area contributed by atoms with Crippen molar-refractivity contribution in [3.63, 3.8) is 0 Å². The molecule has 6 heteroatoms. The fourth-order valence-corrected chi connectivity index (χ4v) is 2.10. The molecule has 116 valence electrons. The molecule has 1 amide bonds. The number of rotatable bonds is 5. The highest BCUT2D eigenvalue weighted by molar-refractivity contribution is 5.93. The lowest BCUT2D eigenvalue weighted by Crippen LogP contribution is -2.28. The van der Waals surface area contributed by atoms with Crippen molar-refractivity contribution >= 4 is 5.91 Å². The molecule has 2 heterocycles. The number of nitrogens with one attached hydrogen (secondary N) is 1. The largest absolute Gasteiger partial charge is 0.387 e. The van der Waals surface area contributed by atoms with Crippen LogP contribution in [-0.4, -0.2) is 27.7 Å². The molecule has 0 fully saturated rings. The SMILES string of the molecule is O=C(NC[C@@H](O)c1ccncc1)c1cc(-c2ccccc2)on1. The number of aliphatic hydroxyl groups excluding tert-OH is 1. The Morgan fingerprint density at radius 1 is 1.17 bits per heavy atom. The first-order chi connectivity index (χ1) is 11.2. The van der Waals surface area contributed by atoms with E-state index in [1.165, 1.54) is 0 Å². The first-order valence-electron chi connectivity index (χ1n) is 7.12. The van der Waals surface area contributed by atoms with Crippen molar-refractivity contribution in [2.75, 3.05) is 6.54 Å². The quantitative estimate of drug-likeness (QED) is 0.754. The van der Waals surface area contributed by atoms with Crippen LogP contribution < -0.4 is 5.32 Å². The lowest BCUT2D eigenvalue weighted by molar-refractivity contribution is 0.0907. The molecule has 0 saturated carbocycles. The number of hydrogen-bond acceptors (Lipinski definition) is 5. The van der Waals surface area contributed by atoms with Crippen LogP contribution in [-0.2, 0) is 0 Å². The van der Waals surface area contributed by atoms with E-state index in [1.807, 2.05) is 30.3 Å². The average molecular weight is 309 g/mol. The Hall–Kier alpha value is -2.99. The number of nitrogens with zero attached hydrogens (tertiary/aromatic N) is 2. The molecule has 3 aromatic rings. The van der Waals surface area contributed by atoms with Crippen LogP contribution in [0.25, 0.3) is 11.3 Å². The van der Waals surface area contributed by atoms with Crippen LogP contribution in [0.3, 0.4) is 0 Å². The highest BCUT2D eigenvalue weighted by Gasteiger charge is 2.15. The summed E-state index contributed by atoms with van der Waals surface area (Å²) in [6.07, 6.45) is 2.37. The lowest BCUT2D eigenvalue weighted by Gasteiger charge is -2.10. The highest BCUT2D eigenvalue weighted by Crippen LogP contribution is 2.19. The molecule has 6 nitrogen and oxygen atoms in total. The van der Waals surface area contributed by atoms with Crippen LogP contribution in [0.15, 0.2) is 65.4 Å². The molecule has 0 spiro atoms. The fraction of sp³-hybridized carbons (Fsp3) is 0.118. The number of carbonyl (C=O) groups is 1. The predicted octanol–water partition coefficient (Wildman–Crippen LogP) is 2.20. The van der Waals surface area contributed by atoms with Gasteiger partial charge in [-0.2, -0.15) is 0 Å². The third-order valence-electron chi connectivity index (χ3n) is 3.35. The molecule has 2 N–H and O–H groups in total. The number of amides is 1. The minimum Gasteiger partial charge on any atom is -0.387 e. The summed E-state index contributed by atoms with van der Waals surface area (Å²) in [6.45, 7) is 0.0797. The van der Waals surface area contributed by atoms with E-state index in [0.29, 0.717) is 11.3 Å². The third-order valence-corrected chi connectivity index (χ3v) is 3.35. The van der Waals surface area contributed by atoms with E-state index in [0.717, 1.165) is 5.56 Å². The molecule has 1 aromatic carbocycles. The van der Waals surface area contributed by atoms with Gasteiger partial charge in [-0.1, -0.05) is 35.5 Å². The van der Waals surface area contributed by atoms with Crippen LogP contribution in [0.5, 0.6) is 0 Å². The van der Waals surface area contributed by atoms with E-state index in [2.05, 4.69) is 15.5 Å². The van der Waals surface area contributed by atoms with E-state index in [9.17, 15) is 9.90 Å². The maximum atomic E-state index is 12.1. The second kappa shape index (κ2) is 6.85. The summed E-state index contributed by atoms with van der Waals surface area (Å²) in [4.78, 5) is 15.9. The second-order valence-corrected chi connectivity index (χ2v) is 4.95. The van der Waals surface area contributed by atoms with Gasteiger partial charge in [0, 0.05) is 30.6 Å². The summed E-state index contributed by atoms with van der Waals surface area (Å²) in [5.74, 6) is 0.120. The van der Waals surface area contributed by atoms with E-state index >= 15 is 0 Å². The lowest BCUT2D eigenvalue weighted by atomic mass is 10.1. The van der Waals surface area contributed by atoms with Gasteiger partial charge in [-0.3, -0.25) is 9.78 Å². The van der Waals surface area contributed by atoms with Gasteiger partial charge in [-0.25, -0.2) is 0 Å². The van der Waals surface area contributed by atoms with Gasteiger partial charge >= 0.3 is 0 Å². The summed E-state index contributed by atoms with van der Waals surface area (Å²) in [7, 11) is 0. The van der Waals surface area contributed by atoms with Crippen molar-refractivity contribution in [3.8, 4) is 11.3 Å². The van der Waals surface area contributed by atoms with Gasteiger partial charge < -0.3 is 14.9 Å². The Morgan fingerprint density at radius 3 is 2.65 bits per heavy atom.